The molecular formula is C9H12N2OS. The number of hydrogen-bond acceptors (Lipinski definition) is 4. The first-order valence-electron chi connectivity index (χ1n) is 4.43. The molecule has 2 rings (SSSR count). The van der Waals surface area contributed by atoms with Crippen molar-refractivity contribution < 1.29 is 4.84 Å². The zero-order valence-corrected chi connectivity index (χ0v) is 8.43. The van der Waals surface area contributed by atoms with Crippen molar-refractivity contribution in [1.29, 1.82) is 0 Å². The predicted octanol–water partition coefficient (Wildman–Crippen LogP) is 2.51. The third-order valence-corrected chi connectivity index (χ3v) is 2.92. The van der Waals surface area contributed by atoms with Gasteiger partial charge in [0.15, 0.2) is 6.61 Å². The van der Waals surface area contributed by atoms with E-state index >= 15 is 0 Å². The molecule has 0 bridgehead atoms. The van der Waals surface area contributed by atoms with E-state index in [4.69, 9.17) is 4.84 Å². The van der Waals surface area contributed by atoms with Gasteiger partial charge in [-0.25, -0.2) is 4.98 Å². The van der Waals surface area contributed by atoms with Gasteiger partial charge in [-0.2, -0.15) is 0 Å². The highest BCUT2D eigenvalue weighted by Crippen LogP contribution is 2.15. The molecule has 3 nitrogen and oxygen atoms in total. The Hall–Kier alpha value is -0.900. The topological polar surface area (TPSA) is 34.5 Å². The molecule has 1 fully saturated rings. The van der Waals surface area contributed by atoms with E-state index in [9.17, 15) is 0 Å². The summed E-state index contributed by atoms with van der Waals surface area (Å²) >= 11 is 1.62. The molecule has 0 radical (unpaired) electrons. The molecule has 4 heteroatoms. The van der Waals surface area contributed by atoms with Gasteiger partial charge in [0.25, 0.3) is 0 Å². The van der Waals surface area contributed by atoms with Crippen LogP contribution in [0.3, 0.4) is 0 Å². The number of rotatable bonds is 3. The molecule has 70 valence electrons. The van der Waals surface area contributed by atoms with Crippen LogP contribution in [0.5, 0.6) is 0 Å². The molecule has 0 atom stereocenters. The second-order valence-corrected chi connectivity index (χ2v) is 4.11. The lowest BCUT2D eigenvalue weighted by atomic mass is 9.98. The molecule has 1 saturated carbocycles. The molecule has 0 unspecified atom stereocenters. The first-order chi connectivity index (χ1) is 6.34. The lowest BCUT2D eigenvalue weighted by molar-refractivity contribution is 0.127. The van der Waals surface area contributed by atoms with Gasteiger partial charge in [-0.1, -0.05) is 5.16 Å². The molecule has 0 aliphatic heterocycles. The number of nitrogens with zero attached hydrogens (tertiary/aromatic N) is 2. The molecule has 0 aromatic carbocycles. The van der Waals surface area contributed by atoms with Crippen LogP contribution in [-0.4, -0.2) is 10.7 Å². The molecule has 0 saturated heterocycles. The maximum absolute atomic E-state index is 5.17. The van der Waals surface area contributed by atoms with E-state index in [-0.39, 0.29) is 0 Å². The Balaban J connectivity index is 1.79. The van der Waals surface area contributed by atoms with Crippen molar-refractivity contribution in [2.24, 2.45) is 5.16 Å². The van der Waals surface area contributed by atoms with Crippen molar-refractivity contribution in [2.75, 3.05) is 0 Å². The summed E-state index contributed by atoms with van der Waals surface area (Å²) in [4.78, 5) is 9.45. The maximum Gasteiger partial charge on any atom is 0.168 e. The summed E-state index contributed by atoms with van der Waals surface area (Å²) in [5.74, 6) is 0. The largest absolute Gasteiger partial charge is 0.388 e. The van der Waals surface area contributed by atoms with Gasteiger partial charge in [0.1, 0.15) is 5.01 Å². The van der Waals surface area contributed by atoms with E-state index < -0.39 is 0 Å². The lowest BCUT2D eigenvalue weighted by Crippen LogP contribution is -2.09. The van der Waals surface area contributed by atoms with Gasteiger partial charge in [0.05, 0.1) is 5.71 Å². The van der Waals surface area contributed by atoms with Crippen molar-refractivity contribution >= 4 is 17.0 Å². The summed E-state index contributed by atoms with van der Waals surface area (Å²) in [6, 6.07) is 0. The third kappa shape index (κ3) is 2.28. The van der Waals surface area contributed by atoms with Crippen molar-refractivity contribution in [3.8, 4) is 0 Å². The summed E-state index contributed by atoms with van der Waals surface area (Å²) in [5.41, 5.74) is 2.24. The van der Waals surface area contributed by atoms with E-state index in [2.05, 4.69) is 10.1 Å². The predicted molar refractivity (Wildman–Crippen MR) is 52.9 cm³/mol. The van der Waals surface area contributed by atoms with E-state index in [1.165, 1.54) is 12.1 Å². The lowest BCUT2D eigenvalue weighted by Gasteiger charge is -2.12. The summed E-state index contributed by atoms with van der Waals surface area (Å²) in [7, 11) is 0. The number of aryl methyl sites for hydroxylation is 1. The Morgan fingerprint density at radius 3 is 3.00 bits per heavy atom. The van der Waals surface area contributed by atoms with E-state index in [1.807, 2.05) is 12.3 Å². The van der Waals surface area contributed by atoms with Gasteiger partial charge in [-0.15, -0.1) is 11.3 Å². The van der Waals surface area contributed by atoms with Crippen molar-refractivity contribution in [3.63, 3.8) is 0 Å². The smallest absolute Gasteiger partial charge is 0.168 e. The van der Waals surface area contributed by atoms with Crippen LogP contribution in [0.25, 0.3) is 0 Å². The summed E-state index contributed by atoms with van der Waals surface area (Å²) < 4.78 is 0. The SMILES string of the molecule is Cc1csc(CON=C2CCC2)n1. The highest BCUT2D eigenvalue weighted by atomic mass is 32.1. The molecule has 0 amide bonds. The average molecular weight is 196 g/mol. The molecule has 0 N–H and O–H groups in total. The second-order valence-electron chi connectivity index (χ2n) is 3.17. The first kappa shape index (κ1) is 8.69. The molecule has 13 heavy (non-hydrogen) atoms. The Morgan fingerprint density at radius 1 is 1.62 bits per heavy atom. The molecular weight excluding hydrogens is 184 g/mol. The number of thiazole rings is 1. The average Bonchev–Trinajstić information content (AvgIpc) is 2.42. The van der Waals surface area contributed by atoms with Crippen molar-refractivity contribution in [2.45, 2.75) is 32.8 Å². The van der Waals surface area contributed by atoms with Gasteiger partial charge < -0.3 is 4.84 Å². The zero-order valence-electron chi connectivity index (χ0n) is 7.62. The minimum Gasteiger partial charge on any atom is -0.388 e. The van der Waals surface area contributed by atoms with Gasteiger partial charge in [-0.05, 0) is 26.2 Å². The third-order valence-electron chi connectivity index (χ3n) is 1.98. The first-order valence-corrected chi connectivity index (χ1v) is 5.31. The highest BCUT2D eigenvalue weighted by Gasteiger charge is 2.10. The van der Waals surface area contributed by atoms with Crippen molar-refractivity contribution in [1.82, 2.24) is 4.98 Å². The maximum atomic E-state index is 5.17. The minimum atomic E-state index is 0.516. The van der Waals surface area contributed by atoms with E-state index in [1.54, 1.807) is 11.3 Å². The van der Waals surface area contributed by atoms with Crippen LogP contribution < -0.4 is 0 Å². The molecule has 0 spiro atoms. The molecule has 1 aliphatic rings. The summed E-state index contributed by atoms with van der Waals surface area (Å²) in [6.07, 6.45) is 3.48. The van der Waals surface area contributed by atoms with Crippen LogP contribution >= 0.6 is 11.3 Å². The monoisotopic (exact) mass is 196 g/mol. The van der Waals surface area contributed by atoms with Gasteiger partial charge >= 0.3 is 0 Å². The fraction of sp³-hybridized carbons (Fsp3) is 0.556. The summed E-state index contributed by atoms with van der Waals surface area (Å²) in [6.45, 7) is 2.50. The van der Waals surface area contributed by atoms with Crippen molar-refractivity contribution in [3.05, 3.63) is 16.1 Å². The Labute approximate surface area is 81.4 Å². The standard InChI is InChI=1S/C9H12N2OS/c1-7-6-13-9(10-7)5-12-11-8-3-2-4-8/h6H,2-5H2,1H3. The number of aromatic nitrogens is 1. The second kappa shape index (κ2) is 3.87. The van der Waals surface area contributed by atoms with Crippen LogP contribution in [0.4, 0.5) is 0 Å². The van der Waals surface area contributed by atoms with Crippen LogP contribution in [0.2, 0.25) is 0 Å². The Bertz CT molecular complexity index is 313. The normalized spacial score (nSPS) is 15.3. The van der Waals surface area contributed by atoms with Gasteiger partial charge in [0, 0.05) is 11.1 Å². The molecule has 1 aliphatic carbocycles. The van der Waals surface area contributed by atoms with E-state index in [0.717, 1.165) is 23.5 Å². The van der Waals surface area contributed by atoms with Crippen LogP contribution in [0.15, 0.2) is 10.5 Å². The Kier molecular flexibility index (Phi) is 2.59. The van der Waals surface area contributed by atoms with Crippen LogP contribution in [0.1, 0.15) is 30.0 Å². The number of oxime groups is 1. The quantitative estimate of drug-likeness (QED) is 0.696. The minimum absolute atomic E-state index is 0.516. The fourth-order valence-corrected chi connectivity index (χ4v) is 1.75. The molecule has 1 aromatic heterocycles. The van der Waals surface area contributed by atoms with E-state index in [0.29, 0.717) is 6.61 Å². The summed E-state index contributed by atoms with van der Waals surface area (Å²) in [5, 5.41) is 7.04. The molecule has 1 heterocycles. The Morgan fingerprint density at radius 2 is 2.46 bits per heavy atom. The number of hydrogen-bond donors (Lipinski definition) is 0. The highest BCUT2D eigenvalue weighted by molar-refractivity contribution is 7.09. The fourth-order valence-electron chi connectivity index (χ4n) is 1.07. The van der Waals surface area contributed by atoms with Gasteiger partial charge in [-0.3, -0.25) is 0 Å². The van der Waals surface area contributed by atoms with Gasteiger partial charge in [0.2, 0.25) is 0 Å². The molecule has 1 aromatic rings. The zero-order chi connectivity index (χ0) is 9.10. The van der Waals surface area contributed by atoms with Crippen LogP contribution in [-0.2, 0) is 11.4 Å². The van der Waals surface area contributed by atoms with Crippen LogP contribution in [0, 0.1) is 6.92 Å².